The first-order chi connectivity index (χ1) is 9.45. The van der Waals surface area contributed by atoms with E-state index >= 15 is 0 Å². The highest BCUT2D eigenvalue weighted by Crippen LogP contribution is 2.13. The SMILES string of the molecule is Cc1nn(CCC(=O)N(C)Cc2ccn(C)n2)cc1Br. The molecule has 2 rings (SSSR count). The number of rotatable bonds is 5. The van der Waals surface area contributed by atoms with E-state index in [0.717, 1.165) is 15.9 Å². The van der Waals surface area contributed by atoms with Gasteiger partial charge in [-0.25, -0.2) is 0 Å². The van der Waals surface area contributed by atoms with Crippen LogP contribution in [0.25, 0.3) is 0 Å². The van der Waals surface area contributed by atoms with Gasteiger partial charge in [0.05, 0.1) is 22.4 Å². The van der Waals surface area contributed by atoms with Crippen molar-refractivity contribution in [2.24, 2.45) is 7.05 Å². The van der Waals surface area contributed by atoms with Gasteiger partial charge in [-0.05, 0) is 28.9 Å². The van der Waals surface area contributed by atoms with Crippen molar-refractivity contribution in [2.45, 2.75) is 26.4 Å². The first-order valence-electron chi connectivity index (χ1n) is 6.37. The number of amides is 1. The van der Waals surface area contributed by atoms with E-state index in [1.165, 1.54) is 0 Å². The second kappa shape index (κ2) is 6.21. The third kappa shape index (κ3) is 3.69. The minimum absolute atomic E-state index is 0.0833. The maximum atomic E-state index is 12.1. The quantitative estimate of drug-likeness (QED) is 0.833. The number of hydrogen-bond donors (Lipinski definition) is 0. The summed E-state index contributed by atoms with van der Waals surface area (Å²) in [5.41, 5.74) is 1.82. The molecule has 0 saturated heterocycles. The molecule has 0 aromatic carbocycles. The second-order valence-electron chi connectivity index (χ2n) is 4.81. The summed E-state index contributed by atoms with van der Waals surface area (Å²) >= 11 is 3.41. The van der Waals surface area contributed by atoms with Crippen molar-refractivity contribution in [1.82, 2.24) is 24.5 Å². The molecule has 0 bridgehead atoms. The van der Waals surface area contributed by atoms with Gasteiger partial charge in [-0.15, -0.1) is 0 Å². The third-order valence-corrected chi connectivity index (χ3v) is 3.81. The topological polar surface area (TPSA) is 56.0 Å². The first-order valence-corrected chi connectivity index (χ1v) is 7.17. The third-order valence-electron chi connectivity index (χ3n) is 3.03. The van der Waals surface area contributed by atoms with Crippen LogP contribution in [0.3, 0.4) is 0 Å². The zero-order valence-electron chi connectivity index (χ0n) is 11.9. The van der Waals surface area contributed by atoms with Gasteiger partial charge in [0.1, 0.15) is 0 Å². The van der Waals surface area contributed by atoms with Crippen molar-refractivity contribution in [3.63, 3.8) is 0 Å². The van der Waals surface area contributed by atoms with E-state index in [-0.39, 0.29) is 5.91 Å². The van der Waals surface area contributed by atoms with Crippen molar-refractivity contribution in [3.8, 4) is 0 Å². The molecule has 6 nitrogen and oxygen atoms in total. The van der Waals surface area contributed by atoms with Crippen molar-refractivity contribution in [3.05, 3.63) is 34.3 Å². The molecule has 108 valence electrons. The van der Waals surface area contributed by atoms with Crippen LogP contribution in [-0.4, -0.2) is 37.4 Å². The van der Waals surface area contributed by atoms with E-state index in [1.807, 2.05) is 32.4 Å². The number of nitrogens with zero attached hydrogens (tertiary/aromatic N) is 5. The fraction of sp³-hybridized carbons (Fsp3) is 0.462. The zero-order chi connectivity index (χ0) is 14.7. The molecule has 0 radical (unpaired) electrons. The molecule has 0 N–H and O–H groups in total. The van der Waals surface area contributed by atoms with Crippen molar-refractivity contribution < 1.29 is 4.79 Å². The number of aryl methyl sites for hydroxylation is 3. The monoisotopic (exact) mass is 339 g/mol. The molecule has 0 aliphatic heterocycles. The largest absolute Gasteiger partial charge is 0.340 e. The van der Waals surface area contributed by atoms with Gasteiger partial charge in [-0.3, -0.25) is 14.2 Å². The summed E-state index contributed by atoms with van der Waals surface area (Å²) in [6, 6.07) is 1.91. The van der Waals surface area contributed by atoms with Gasteiger partial charge < -0.3 is 4.90 Å². The normalized spacial score (nSPS) is 10.8. The maximum absolute atomic E-state index is 12.1. The van der Waals surface area contributed by atoms with Crippen molar-refractivity contribution >= 4 is 21.8 Å². The van der Waals surface area contributed by atoms with Crippen LogP contribution in [0.5, 0.6) is 0 Å². The summed E-state index contributed by atoms with van der Waals surface area (Å²) in [4.78, 5) is 13.7. The van der Waals surface area contributed by atoms with Gasteiger partial charge in [0.25, 0.3) is 0 Å². The molecule has 2 aromatic rings. The molecule has 0 aliphatic carbocycles. The highest BCUT2D eigenvalue weighted by atomic mass is 79.9. The lowest BCUT2D eigenvalue weighted by atomic mass is 10.3. The lowest BCUT2D eigenvalue weighted by molar-refractivity contribution is -0.130. The van der Waals surface area contributed by atoms with Gasteiger partial charge >= 0.3 is 0 Å². The average Bonchev–Trinajstić information content (AvgIpc) is 2.93. The molecule has 0 aliphatic rings. The van der Waals surface area contributed by atoms with Crippen LogP contribution < -0.4 is 0 Å². The minimum atomic E-state index is 0.0833. The van der Waals surface area contributed by atoms with E-state index < -0.39 is 0 Å². The summed E-state index contributed by atoms with van der Waals surface area (Å²) in [7, 11) is 3.66. The summed E-state index contributed by atoms with van der Waals surface area (Å²) in [6.45, 7) is 3.04. The second-order valence-corrected chi connectivity index (χ2v) is 5.66. The Morgan fingerprint density at radius 1 is 1.45 bits per heavy atom. The van der Waals surface area contributed by atoms with Crippen molar-refractivity contribution in [1.29, 1.82) is 0 Å². The van der Waals surface area contributed by atoms with Gasteiger partial charge in [0.2, 0.25) is 5.91 Å². The highest BCUT2D eigenvalue weighted by molar-refractivity contribution is 9.10. The Morgan fingerprint density at radius 2 is 2.20 bits per heavy atom. The number of aromatic nitrogens is 4. The summed E-state index contributed by atoms with van der Waals surface area (Å²) in [6.07, 6.45) is 4.19. The first kappa shape index (κ1) is 14.8. The molecule has 2 heterocycles. The Labute approximate surface area is 126 Å². The fourth-order valence-corrected chi connectivity index (χ4v) is 2.20. The molecule has 0 fully saturated rings. The van der Waals surface area contributed by atoms with Crippen LogP contribution in [0.4, 0.5) is 0 Å². The molecule has 0 spiro atoms. The number of carbonyl (C=O) groups excluding carboxylic acids is 1. The van der Waals surface area contributed by atoms with Crippen LogP contribution >= 0.6 is 15.9 Å². The summed E-state index contributed by atoms with van der Waals surface area (Å²) in [5, 5.41) is 8.58. The number of hydrogen-bond acceptors (Lipinski definition) is 3. The van der Waals surface area contributed by atoms with Gasteiger partial charge in [-0.2, -0.15) is 10.2 Å². The molecule has 2 aromatic heterocycles. The Kier molecular flexibility index (Phi) is 4.59. The molecule has 0 unspecified atom stereocenters. The molecule has 0 saturated carbocycles. The van der Waals surface area contributed by atoms with Gasteiger partial charge in [-0.1, -0.05) is 0 Å². The zero-order valence-corrected chi connectivity index (χ0v) is 13.5. The Bertz CT molecular complexity index is 584. The van der Waals surface area contributed by atoms with Crippen LogP contribution in [0.1, 0.15) is 17.8 Å². The van der Waals surface area contributed by atoms with E-state index in [0.29, 0.717) is 19.5 Å². The van der Waals surface area contributed by atoms with E-state index in [1.54, 1.807) is 21.3 Å². The molecule has 7 heteroatoms. The lowest BCUT2D eigenvalue weighted by Gasteiger charge is -2.15. The molecule has 1 amide bonds. The molecular weight excluding hydrogens is 322 g/mol. The Balaban J connectivity index is 1.85. The van der Waals surface area contributed by atoms with Crippen LogP contribution in [0.2, 0.25) is 0 Å². The Morgan fingerprint density at radius 3 is 2.75 bits per heavy atom. The summed E-state index contributed by atoms with van der Waals surface area (Å²) < 4.78 is 4.48. The maximum Gasteiger partial charge on any atom is 0.224 e. The molecule has 20 heavy (non-hydrogen) atoms. The van der Waals surface area contributed by atoms with E-state index in [9.17, 15) is 4.79 Å². The lowest BCUT2D eigenvalue weighted by Crippen LogP contribution is -2.27. The number of carbonyl (C=O) groups is 1. The van der Waals surface area contributed by atoms with Crippen LogP contribution in [0, 0.1) is 6.92 Å². The Hall–Kier alpha value is -1.63. The highest BCUT2D eigenvalue weighted by Gasteiger charge is 2.11. The minimum Gasteiger partial charge on any atom is -0.340 e. The van der Waals surface area contributed by atoms with Crippen LogP contribution in [-0.2, 0) is 24.9 Å². The predicted molar refractivity (Wildman–Crippen MR) is 79.0 cm³/mol. The average molecular weight is 340 g/mol. The van der Waals surface area contributed by atoms with Crippen molar-refractivity contribution in [2.75, 3.05) is 7.05 Å². The number of halogens is 1. The predicted octanol–water partition coefficient (Wildman–Crippen LogP) is 1.74. The summed E-state index contributed by atoms with van der Waals surface area (Å²) in [5.74, 6) is 0.0833. The molecule has 0 atom stereocenters. The standard InChI is InChI=1S/C13H18BrN5O/c1-10-12(14)9-19(15-10)7-5-13(20)17(2)8-11-4-6-18(3)16-11/h4,6,9H,5,7-8H2,1-3H3. The van der Waals surface area contributed by atoms with Gasteiger partial charge in [0.15, 0.2) is 0 Å². The van der Waals surface area contributed by atoms with Gasteiger partial charge in [0, 0.05) is 39.5 Å². The fourth-order valence-electron chi connectivity index (χ4n) is 1.89. The van der Waals surface area contributed by atoms with E-state index in [4.69, 9.17) is 0 Å². The van der Waals surface area contributed by atoms with Crippen LogP contribution in [0.15, 0.2) is 22.9 Å². The smallest absolute Gasteiger partial charge is 0.224 e. The van der Waals surface area contributed by atoms with E-state index in [2.05, 4.69) is 26.1 Å². The molecular formula is C13H18BrN5O.